The first-order chi connectivity index (χ1) is 5.79. The first-order valence-corrected chi connectivity index (χ1v) is 4.68. The summed E-state index contributed by atoms with van der Waals surface area (Å²) in [5, 5.41) is 3.11. The van der Waals surface area contributed by atoms with E-state index < -0.39 is 0 Å². The highest BCUT2D eigenvalue weighted by Gasteiger charge is 2.05. The molecule has 1 N–H and O–H groups in total. The molecule has 12 heavy (non-hydrogen) atoms. The van der Waals surface area contributed by atoms with Crippen LogP contribution in [-0.2, 0) is 0 Å². The Morgan fingerprint density at radius 1 is 1.75 bits per heavy atom. The average Bonchev–Trinajstić information content (AvgIpc) is 2.11. The molecule has 0 aliphatic rings. The minimum absolute atomic E-state index is 0.0884. The van der Waals surface area contributed by atoms with Crippen LogP contribution in [0.1, 0.15) is 13.3 Å². The van der Waals surface area contributed by atoms with E-state index in [4.69, 9.17) is 0 Å². The monoisotopic (exact) mass is 184 g/mol. The third kappa shape index (κ3) is 3.80. The summed E-state index contributed by atoms with van der Waals surface area (Å²) in [5.74, 6) is 1.73. The summed E-state index contributed by atoms with van der Waals surface area (Å²) in [7, 11) is 4.37. The first kappa shape index (κ1) is 11.5. The van der Waals surface area contributed by atoms with Crippen LogP contribution in [-0.4, -0.2) is 19.2 Å². The molecule has 68 valence electrons. The largest absolute Gasteiger partial charge is 0.295 e. The molecule has 0 saturated carbocycles. The Balaban J connectivity index is 4.43. The maximum Gasteiger partial charge on any atom is 0.121 e. The van der Waals surface area contributed by atoms with Crippen molar-refractivity contribution < 1.29 is 0 Å². The number of aliphatic imine (C=N–C) groups is 1. The van der Waals surface area contributed by atoms with Crippen molar-refractivity contribution in [3.05, 3.63) is 24.3 Å². The van der Waals surface area contributed by atoms with Gasteiger partial charge in [0.05, 0.1) is 0 Å². The molecule has 2 unspecified atom stereocenters. The molecule has 0 heterocycles. The lowest BCUT2D eigenvalue weighted by Gasteiger charge is -2.13. The van der Waals surface area contributed by atoms with Gasteiger partial charge in [-0.3, -0.25) is 10.3 Å². The van der Waals surface area contributed by atoms with Crippen LogP contribution < -0.4 is 5.32 Å². The van der Waals surface area contributed by atoms with Crippen molar-refractivity contribution in [3.8, 4) is 0 Å². The van der Waals surface area contributed by atoms with Gasteiger partial charge in [-0.1, -0.05) is 34.9 Å². The van der Waals surface area contributed by atoms with Crippen LogP contribution in [0.3, 0.4) is 0 Å². The molecule has 2 nitrogen and oxygen atoms in total. The normalized spacial score (nSPS) is 15.1. The Kier molecular flexibility index (Phi) is 6.93. The van der Waals surface area contributed by atoms with Gasteiger partial charge in [-0.25, -0.2) is 0 Å². The maximum absolute atomic E-state index is 4.24. The fourth-order valence-electron chi connectivity index (χ4n) is 0.995. The zero-order valence-corrected chi connectivity index (χ0v) is 8.90. The molecule has 0 spiro atoms. The molecule has 0 aromatic heterocycles. The van der Waals surface area contributed by atoms with Crippen molar-refractivity contribution in [1.29, 1.82) is 0 Å². The number of hydrogen-bond acceptors (Lipinski definition) is 2. The van der Waals surface area contributed by atoms with Gasteiger partial charge < -0.3 is 0 Å². The summed E-state index contributed by atoms with van der Waals surface area (Å²) in [6.07, 6.45) is 4.87. The number of nitrogens with one attached hydrogen (secondary N) is 1. The first-order valence-electron chi connectivity index (χ1n) is 4.02. The van der Waals surface area contributed by atoms with Gasteiger partial charge in [0, 0.05) is 5.96 Å². The summed E-state index contributed by atoms with van der Waals surface area (Å²) >= 11 is 0. The summed E-state index contributed by atoms with van der Waals surface area (Å²) in [5.41, 5.74) is 1.24. The van der Waals surface area contributed by atoms with E-state index in [0.717, 1.165) is 6.42 Å². The highest BCUT2D eigenvalue weighted by Crippen LogP contribution is 2.08. The number of allylic oxidation sites excluding steroid dienone is 2. The number of likely N-dealkylation sites (N-methyl/N-ethyl adjacent to an activating group) is 1. The number of nitrogens with zero attached hydrogens (tertiary/aromatic N) is 1. The lowest BCUT2D eigenvalue weighted by Crippen LogP contribution is -2.24. The second-order valence-corrected chi connectivity index (χ2v) is 2.62. The van der Waals surface area contributed by atoms with E-state index in [9.17, 15) is 0 Å². The van der Waals surface area contributed by atoms with Gasteiger partial charge >= 0.3 is 0 Å². The summed E-state index contributed by atoms with van der Waals surface area (Å²) in [4.78, 5) is 4.24. The smallest absolute Gasteiger partial charge is 0.121 e. The third-order valence-electron chi connectivity index (χ3n) is 1.60. The van der Waals surface area contributed by atoms with E-state index in [1.165, 1.54) is 5.57 Å². The van der Waals surface area contributed by atoms with Crippen molar-refractivity contribution in [1.82, 2.24) is 5.32 Å². The van der Waals surface area contributed by atoms with Gasteiger partial charge in [0.2, 0.25) is 0 Å². The Hall–Kier alpha value is -0.460. The van der Waals surface area contributed by atoms with Crippen molar-refractivity contribution in [3.63, 3.8) is 0 Å². The molecule has 0 fully saturated rings. The molecule has 0 bridgehead atoms. The minimum atomic E-state index is 0.0884. The van der Waals surface area contributed by atoms with E-state index >= 15 is 0 Å². The van der Waals surface area contributed by atoms with Crippen LogP contribution in [0, 0.1) is 0 Å². The zero-order valence-electron chi connectivity index (χ0n) is 7.75. The molecule has 0 aromatic rings. The second-order valence-electron chi connectivity index (χ2n) is 2.32. The predicted octanol–water partition coefficient (Wildman–Crippen LogP) is 1.96. The molecule has 0 rings (SSSR count). The molecule has 0 aromatic carbocycles. The van der Waals surface area contributed by atoms with Gasteiger partial charge in [-0.15, -0.1) is 0 Å². The van der Waals surface area contributed by atoms with Crippen LogP contribution in [0.5, 0.6) is 0 Å². The maximum atomic E-state index is 4.24. The van der Waals surface area contributed by atoms with E-state index in [1.54, 1.807) is 12.0 Å². The summed E-state index contributed by atoms with van der Waals surface area (Å²) in [6.45, 7) is 5.77. The average molecular weight is 184 g/mol. The topological polar surface area (TPSA) is 24.4 Å². The van der Waals surface area contributed by atoms with E-state index in [2.05, 4.69) is 33.1 Å². The van der Waals surface area contributed by atoms with Gasteiger partial charge in [-0.2, -0.15) is 0 Å². The summed E-state index contributed by atoms with van der Waals surface area (Å²) in [6, 6.07) is 0. The van der Waals surface area contributed by atoms with Crippen LogP contribution in [0.2, 0.25) is 0 Å². The van der Waals surface area contributed by atoms with Gasteiger partial charge in [0.25, 0.3) is 0 Å². The Morgan fingerprint density at radius 2 is 2.42 bits per heavy atom. The van der Waals surface area contributed by atoms with E-state index in [1.807, 2.05) is 13.1 Å². The van der Waals surface area contributed by atoms with Gasteiger partial charge in [0.15, 0.2) is 0 Å². The molecular formula is C9H17N2P. The van der Waals surface area contributed by atoms with Crippen molar-refractivity contribution in [2.75, 3.05) is 7.05 Å². The van der Waals surface area contributed by atoms with Gasteiger partial charge in [-0.05, 0) is 19.0 Å². The molecule has 0 aliphatic heterocycles. The molecule has 0 amide bonds. The molecule has 0 radical (unpaired) electrons. The fourth-order valence-corrected chi connectivity index (χ4v) is 1.17. The molecule has 0 aliphatic carbocycles. The fraction of sp³-hybridized carbons (Fsp3) is 0.444. The van der Waals surface area contributed by atoms with Crippen LogP contribution in [0.4, 0.5) is 0 Å². The molecular weight excluding hydrogens is 167 g/mol. The van der Waals surface area contributed by atoms with Crippen LogP contribution in [0.15, 0.2) is 29.3 Å². The predicted molar refractivity (Wildman–Crippen MR) is 59.6 cm³/mol. The second kappa shape index (κ2) is 7.20. The molecule has 2 atom stereocenters. The lowest BCUT2D eigenvalue weighted by atomic mass is 10.1. The number of rotatable bonds is 5. The SMILES string of the molecule is C=C/C=C(/CC)C(N=CP)NC. The van der Waals surface area contributed by atoms with Crippen LogP contribution >= 0.6 is 9.24 Å². The third-order valence-corrected chi connectivity index (χ3v) is 1.77. The van der Waals surface area contributed by atoms with Crippen molar-refractivity contribution >= 4 is 15.2 Å². The number of hydrogen-bond donors (Lipinski definition) is 1. The lowest BCUT2D eigenvalue weighted by molar-refractivity contribution is 0.650. The van der Waals surface area contributed by atoms with Crippen molar-refractivity contribution in [2.24, 2.45) is 4.99 Å². The highest BCUT2D eigenvalue weighted by atomic mass is 31.0. The van der Waals surface area contributed by atoms with E-state index in [-0.39, 0.29) is 6.17 Å². The quantitative estimate of drug-likeness (QED) is 0.394. The van der Waals surface area contributed by atoms with Crippen LogP contribution in [0.25, 0.3) is 0 Å². The highest BCUT2D eigenvalue weighted by molar-refractivity contribution is 7.36. The summed E-state index contributed by atoms with van der Waals surface area (Å²) < 4.78 is 0. The van der Waals surface area contributed by atoms with E-state index in [0.29, 0.717) is 0 Å². The standard InChI is InChI=1S/C9H17N2P/c1-4-6-8(5-2)9(10-3)11-7-12/h4,6-7,9-10H,1,5,12H2,2-3H3/b8-6-,11-7?. The zero-order chi connectivity index (χ0) is 9.40. The molecule has 3 heteroatoms. The van der Waals surface area contributed by atoms with Gasteiger partial charge in [0.1, 0.15) is 6.17 Å². The minimum Gasteiger partial charge on any atom is -0.295 e. The molecule has 0 saturated heterocycles. The van der Waals surface area contributed by atoms with Crippen molar-refractivity contribution in [2.45, 2.75) is 19.5 Å². The Bertz CT molecular complexity index is 185. The Labute approximate surface area is 77.1 Å². The Morgan fingerprint density at radius 3 is 2.75 bits per heavy atom.